The molecule has 16 heavy (non-hydrogen) atoms. The van der Waals surface area contributed by atoms with Gasteiger partial charge >= 0.3 is 0 Å². The Bertz CT molecular complexity index is 604. The van der Waals surface area contributed by atoms with Crippen LogP contribution in [0.2, 0.25) is 0 Å². The Morgan fingerprint density at radius 2 is 1.62 bits per heavy atom. The molecule has 1 aromatic rings. The highest BCUT2D eigenvalue weighted by molar-refractivity contribution is 9.08. The van der Waals surface area contributed by atoms with Gasteiger partial charge in [0.1, 0.15) is 0 Å². The van der Waals surface area contributed by atoms with Crippen LogP contribution in [0.1, 0.15) is 5.56 Å². The fourth-order valence-corrected chi connectivity index (χ4v) is 3.05. The first-order valence-corrected chi connectivity index (χ1v) is 7.80. The van der Waals surface area contributed by atoms with Crippen molar-refractivity contribution in [2.24, 2.45) is 0 Å². The first kappa shape index (κ1) is 13.6. The van der Waals surface area contributed by atoms with E-state index in [4.69, 9.17) is 9.11 Å². The fourth-order valence-electron chi connectivity index (χ4n) is 1.05. The highest BCUT2D eigenvalue weighted by Gasteiger charge is 2.19. The van der Waals surface area contributed by atoms with E-state index in [1.807, 2.05) is 0 Å². The van der Waals surface area contributed by atoms with Crippen LogP contribution in [-0.2, 0) is 25.6 Å². The molecule has 0 atom stereocenters. The van der Waals surface area contributed by atoms with Crippen molar-refractivity contribution in [3.63, 3.8) is 0 Å². The Morgan fingerprint density at radius 3 is 2.00 bits per heavy atom. The molecule has 2 N–H and O–H groups in total. The Kier molecular flexibility index (Phi) is 3.75. The second-order valence-corrected chi connectivity index (χ2v) is 6.23. The Hall–Kier alpha value is -0.480. The van der Waals surface area contributed by atoms with Gasteiger partial charge in [-0.05, 0) is 17.7 Å². The lowest BCUT2D eigenvalue weighted by molar-refractivity contribution is 0.480. The average Bonchev–Trinajstić information content (AvgIpc) is 2.14. The van der Waals surface area contributed by atoms with Crippen LogP contribution >= 0.6 is 15.9 Å². The van der Waals surface area contributed by atoms with E-state index in [2.05, 4.69) is 15.9 Å². The molecule has 1 rings (SSSR count). The zero-order chi connectivity index (χ0) is 12.6. The Morgan fingerprint density at radius 1 is 1.06 bits per heavy atom. The summed E-state index contributed by atoms with van der Waals surface area (Å²) in [6.07, 6.45) is 0. The summed E-state index contributed by atoms with van der Waals surface area (Å²) in [7, 11) is -9.04. The summed E-state index contributed by atoms with van der Waals surface area (Å²) >= 11 is 2.99. The average molecular weight is 331 g/mol. The molecule has 0 aliphatic heterocycles. The van der Waals surface area contributed by atoms with Crippen molar-refractivity contribution in [3.8, 4) is 0 Å². The fraction of sp³-hybridized carbons (Fsp3) is 0.143. The molecule has 0 saturated heterocycles. The van der Waals surface area contributed by atoms with E-state index in [1.54, 1.807) is 0 Å². The summed E-state index contributed by atoms with van der Waals surface area (Å²) in [6.45, 7) is 0. The smallest absolute Gasteiger partial charge is 0.282 e. The van der Waals surface area contributed by atoms with Crippen molar-refractivity contribution >= 4 is 36.2 Å². The maximum absolute atomic E-state index is 11.0. The van der Waals surface area contributed by atoms with Gasteiger partial charge in [-0.3, -0.25) is 9.11 Å². The van der Waals surface area contributed by atoms with Gasteiger partial charge in [-0.25, -0.2) is 0 Å². The van der Waals surface area contributed by atoms with Gasteiger partial charge in [0, 0.05) is 5.33 Å². The van der Waals surface area contributed by atoms with Gasteiger partial charge in [0.15, 0.2) is 0 Å². The summed E-state index contributed by atoms with van der Waals surface area (Å²) in [5.41, 5.74) is 0.190. The first-order chi connectivity index (χ1) is 7.16. The van der Waals surface area contributed by atoms with Crippen LogP contribution in [0.5, 0.6) is 0 Å². The lowest BCUT2D eigenvalue weighted by Crippen LogP contribution is -2.06. The molecule has 9 heteroatoms. The maximum Gasteiger partial charge on any atom is 0.294 e. The second kappa shape index (κ2) is 4.41. The van der Waals surface area contributed by atoms with Crippen LogP contribution in [-0.4, -0.2) is 25.9 Å². The zero-order valence-corrected chi connectivity index (χ0v) is 10.9. The van der Waals surface area contributed by atoms with Gasteiger partial charge < -0.3 is 0 Å². The Balaban J connectivity index is 3.58. The van der Waals surface area contributed by atoms with Crippen LogP contribution in [0, 0.1) is 0 Å². The number of benzene rings is 1. The van der Waals surface area contributed by atoms with E-state index in [0.717, 1.165) is 6.07 Å². The van der Waals surface area contributed by atoms with Crippen molar-refractivity contribution < 1.29 is 25.9 Å². The van der Waals surface area contributed by atoms with E-state index in [1.165, 1.54) is 6.07 Å². The van der Waals surface area contributed by atoms with Crippen molar-refractivity contribution in [2.45, 2.75) is 15.1 Å². The third kappa shape index (κ3) is 3.01. The second-order valence-electron chi connectivity index (χ2n) is 2.85. The van der Waals surface area contributed by atoms with E-state index >= 15 is 0 Å². The van der Waals surface area contributed by atoms with Crippen LogP contribution < -0.4 is 0 Å². The number of alkyl halides is 1. The summed E-state index contributed by atoms with van der Waals surface area (Å²) in [6, 6.07) is 2.92. The summed E-state index contributed by atoms with van der Waals surface area (Å²) in [5.74, 6) is 0. The standard InChI is InChI=1S/C7H7BrO6S2/c8-4-5-1-2-6(15(9,10)11)3-7(5)16(12,13)14/h1-3H,4H2,(H,9,10,11)(H,12,13,14). The molecular weight excluding hydrogens is 324 g/mol. The third-order valence-electron chi connectivity index (χ3n) is 1.76. The normalized spacial score (nSPS) is 12.7. The molecule has 0 spiro atoms. The SMILES string of the molecule is O=S(=O)(O)c1ccc(CBr)c(S(=O)(=O)O)c1. The zero-order valence-electron chi connectivity index (χ0n) is 7.66. The molecule has 0 fully saturated rings. The molecule has 0 bridgehead atoms. The van der Waals surface area contributed by atoms with Gasteiger partial charge in [0.25, 0.3) is 20.2 Å². The maximum atomic E-state index is 11.0. The minimum absolute atomic E-state index is 0.119. The molecule has 0 unspecified atom stereocenters. The molecule has 0 aliphatic rings. The molecule has 0 heterocycles. The molecule has 6 nitrogen and oxygen atoms in total. The highest BCUT2D eigenvalue weighted by Crippen LogP contribution is 2.22. The number of hydrogen-bond acceptors (Lipinski definition) is 4. The predicted octanol–water partition coefficient (Wildman–Crippen LogP) is 1.07. The largest absolute Gasteiger partial charge is 0.294 e. The number of rotatable bonds is 3. The predicted molar refractivity (Wildman–Crippen MR) is 58.7 cm³/mol. The van der Waals surface area contributed by atoms with Gasteiger partial charge in [-0.15, -0.1) is 0 Å². The van der Waals surface area contributed by atoms with Crippen molar-refractivity contribution in [2.75, 3.05) is 0 Å². The molecule has 0 saturated carbocycles. The topological polar surface area (TPSA) is 109 Å². The number of hydrogen-bond donors (Lipinski definition) is 2. The molecule has 0 aliphatic carbocycles. The first-order valence-electron chi connectivity index (χ1n) is 3.80. The molecule has 0 radical (unpaired) electrons. The minimum atomic E-state index is -4.53. The van der Waals surface area contributed by atoms with Gasteiger partial charge in [-0.1, -0.05) is 22.0 Å². The lowest BCUT2D eigenvalue weighted by Gasteiger charge is -2.05. The summed E-state index contributed by atoms with van der Waals surface area (Å²) in [4.78, 5) is -1.15. The van der Waals surface area contributed by atoms with E-state index < -0.39 is 30.0 Å². The molecule has 1 aromatic carbocycles. The van der Waals surface area contributed by atoms with Crippen molar-refractivity contribution in [3.05, 3.63) is 23.8 Å². The lowest BCUT2D eigenvalue weighted by atomic mass is 10.2. The minimum Gasteiger partial charge on any atom is -0.282 e. The molecule has 90 valence electrons. The molecule has 0 amide bonds. The van der Waals surface area contributed by atoms with Crippen molar-refractivity contribution in [1.82, 2.24) is 0 Å². The van der Waals surface area contributed by atoms with Crippen LogP contribution in [0.25, 0.3) is 0 Å². The van der Waals surface area contributed by atoms with Gasteiger partial charge in [0.2, 0.25) is 0 Å². The summed E-state index contributed by atoms with van der Waals surface area (Å²) < 4.78 is 61.1. The van der Waals surface area contributed by atoms with Crippen molar-refractivity contribution in [1.29, 1.82) is 0 Å². The van der Waals surface area contributed by atoms with Gasteiger partial charge in [0.05, 0.1) is 9.79 Å². The van der Waals surface area contributed by atoms with E-state index in [-0.39, 0.29) is 10.9 Å². The monoisotopic (exact) mass is 330 g/mol. The number of halogens is 1. The van der Waals surface area contributed by atoms with Crippen LogP contribution in [0.3, 0.4) is 0 Å². The van der Waals surface area contributed by atoms with Crippen LogP contribution in [0.4, 0.5) is 0 Å². The van der Waals surface area contributed by atoms with Gasteiger partial charge in [-0.2, -0.15) is 16.8 Å². The Labute approximate surface area is 101 Å². The van der Waals surface area contributed by atoms with Crippen LogP contribution in [0.15, 0.2) is 28.0 Å². The summed E-state index contributed by atoms with van der Waals surface area (Å²) in [5, 5.41) is 0.119. The molecule has 0 aromatic heterocycles. The van der Waals surface area contributed by atoms with E-state index in [9.17, 15) is 16.8 Å². The highest BCUT2D eigenvalue weighted by atomic mass is 79.9. The quantitative estimate of drug-likeness (QED) is 0.634. The molecular formula is C7H7BrO6S2. The third-order valence-corrected chi connectivity index (χ3v) is 4.15. The van der Waals surface area contributed by atoms with E-state index in [0.29, 0.717) is 6.07 Å².